The van der Waals surface area contributed by atoms with Crippen LogP contribution in [-0.2, 0) is 19.3 Å². The number of aromatic nitrogens is 2. The molecule has 0 radical (unpaired) electrons. The van der Waals surface area contributed by atoms with Gasteiger partial charge >= 0.3 is 0 Å². The molecule has 0 amide bonds. The molecule has 0 unspecified atom stereocenters. The average Bonchev–Trinajstić information content (AvgIpc) is 2.85. The highest BCUT2D eigenvalue weighted by atomic mass is 35.5. The molecule has 1 aliphatic rings. The molecule has 0 aromatic carbocycles. The lowest BCUT2D eigenvalue weighted by Crippen LogP contribution is -1.99. The minimum atomic E-state index is 0.665. The predicted octanol–water partition coefficient (Wildman–Crippen LogP) is 4.42. The second kappa shape index (κ2) is 4.78. The summed E-state index contributed by atoms with van der Waals surface area (Å²) in [5.41, 5.74) is 1.41. The number of aryl methyl sites for hydroxylation is 3. The topological polar surface area (TPSA) is 25.8 Å². The summed E-state index contributed by atoms with van der Waals surface area (Å²) in [4.78, 5) is 11.7. The number of rotatable bonds is 3. The molecule has 3 rings (SSSR count). The Morgan fingerprint density at radius 2 is 2.11 bits per heavy atom. The molecule has 0 spiro atoms. The lowest BCUT2D eigenvalue weighted by Gasteiger charge is -2.05. The van der Waals surface area contributed by atoms with Crippen molar-refractivity contribution in [3.8, 4) is 0 Å². The maximum Gasteiger partial charge on any atom is 0.141 e. The summed E-state index contributed by atoms with van der Waals surface area (Å²) in [6, 6.07) is 0. The van der Waals surface area contributed by atoms with Crippen molar-refractivity contribution in [3.05, 3.63) is 21.4 Å². The van der Waals surface area contributed by atoms with Gasteiger partial charge in [-0.25, -0.2) is 9.97 Å². The van der Waals surface area contributed by atoms with E-state index in [4.69, 9.17) is 16.6 Å². The van der Waals surface area contributed by atoms with E-state index in [0.717, 1.165) is 35.3 Å². The maximum absolute atomic E-state index is 6.36. The van der Waals surface area contributed by atoms with E-state index in [1.54, 1.807) is 0 Å². The Morgan fingerprint density at radius 1 is 1.28 bits per heavy atom. The summed E-state index contributed by atoms with van der Waals surface area (Å²) in [5.74, 6) is 1.58. The zero-order valence-corrected chi connectivity index (χ0v) is 12.4. The third-order valence-electron chi connectivity index (χ3n) is 3.51. The molecule has 0 aliphatic heterocycles. The fraction of sp³-hybridized carbons (Fsp3) is 0.571. The van der Waals surface area contributed by atoms with Gasteiger partial charge < -0.3 is 0 Å². The quantitative estimate of drug-likeness (QED) is 0.778. The Kier molecular flexibility index (Phi) is 3.29. The Balaban J connectivity index is 2.01. The number of thiophene rings is 1. The van der Waals surface area contributed by atoms with Gasteiger partial charge in [0.2, 0.25) is 0 Å². The molecule has 0 fully saturated rings. The molecule has 2 aromatic rings. The highest BCUT2D eigenvalue weighted by Crippen LogP contribution is 2.39. The molecule has 18 heavy (non-hydrogen) atoms. The van der Waals surface area contributed by atoms with Crippen LogP contribution >= 0.6 is 22.9 Å². The van der Waals surface area contributed by atoms with Crippen molar-refractivity contribution >= 4 is 33.2 Å². The first-order valence-electron chi connectivity index (χ1n) is 6.62. The van der Waals surface area contributed by atoms with E-state index < -0.39 is 0 Å². The van der Waals surface area contributed by atoms with E-state index in [-0.39, 0.29) is 0 Å². The smallest absolute Gasteiger partial charge is 0.141 e. The molecule has 0 saturated carbocycles. The van der Waals surface area contributed by atoms with E-state index in [2.05, 4.69) is 18.8 Å². The Morgan fingerprint density at radius 3 is 2.89 bits per heavy atom. The molecule has 1 aliphatic carbocycles. The van der Waals surface area contributed by atoms with Gasteiger partial charge in [0.25, 0.3) is 0 Å². The first-order valence-corrected chi connectivity index (χ1v) is 7.81. The molecular weight excluding hydrogens is 264 g/mol. The number of hydrogen-bond acceptors (Lipinski definition) is 3. The molecule has 2 nitrogen and oxygen atoms in total. The van der Waals surface area contributed by atoms with Gasteiger partial charge in [0.15, 0.2) is 0 Å². The molecule has 96 valence electrons. The molecule has 2 heterocycles. The van der Waals surface area contributed by atoms with Crippen LogP contribution in [0, 0.1) is 5.92 Å². The fourth-order valence-electron chi connectivity index (χ4n) is 2.52. The van der Waals surface area contributed by atoms with Gasteiger partial charge in [-0.05, 0) is 37.2 Å². The van der Waals surface area contributed by atoms with Gasteiger partial charge in [-0.1, -0.05) is 25.4 Å². The second-order valence-electron chi connectivity index (χ2n) is 5.40. The number of halogens is 1. The van der Waals surface area contributed by atoms with Crippen LogP contribution in [0.4, 0.5) is 0 Å². The molecular formula is C14H17ClN2S. The van der Waals surface area contributed by atoms with Crippen molar-refractivity contribution in [1.29, 1.82) is 0 Å². The zero-order valence-electron chi connectivity index (χ0n) is 10.8. The van der Waals surface area contributed by atoms with Crippen LogP contribution in [0.1, 0.15) is 43.0 Å². The van der Waals surface area contributed by atoms with Crippen molar-refractivity contribution in [2.24, 2.45) is 5.92 Å². The second-order valence-corrected chi connectivity index (χ2v) is 6.84. The zero-order chi connectivity index (χ0) is 12.7. The SMILES string of the molecule is CC(C)CCc1nc(Cl)c2c3c(sc2n1)CCC3. The normalized spacial score (nSPS) is 14.7. The van der Waals surface area contributed by atoms with E-state index in [0.29, 0.717) is 11.1 Å². The Labute approximate surface area is 116 Å². The summed E-state index contributed by atoms with van der Waals surface area (Å²) in [6.45, 7) is 4.44. The molecule has 2 aromatic heterocycles. The number of fused-ring (bicyclic) bond motifs is 3. The molecule has 0 atom stereocenters. The van der Waals surface area contributed by atoms with Gasteiger partial charge in [0, 0.05) is 11.3 Å². The van der Waals surface area contributed by atoms with Crippen LogP contribution < -0.4 is 0 Å². The number of nitrogens with zero attached hydrogens (tertiary/aromatic N) is 2. The molecule has 0 N–H and O–H groups in total. The molecule has 0 saturated heterocycles. The first kappa shape index (κ1) is 12.4. The highest BCUT2D eigenvalue weighted by Gasteiger charge is 2.21. The summed E-state index contributed by atoms with van der Waals surface area (Å²) < 4.78 is 0. The standard InChI is InChI=1S/C14H17ClN2S/c1-8(2)6-7-11-16-13(15)12-9-4-3-5-10(9)18-14(12)17-11/h8H,3-7H2,1-2H3. The maximum atomic E-state index is 6.36. The van der Waals surface area contributed by atoms with Gasteiger partial charge in [0.1, 0.15) is 15.8 Å². The van der Waals surface area contributed by atoms with Crippen LogP contribution in [0.15, 0.2) is 0 Å². The summed E-state index contributed by atoms with van der Waals surface area (Å²) >= 11 is 8.17. The van der Waals surface area contributed by atoms with Gasteiger partial charge in [-0.2, -0.15) is 0 Å². The summed E-state index contributed by atoms with van der Waals surface area (Å²) in [7, 11) is 0. The van der Waals surface area contributed by atoms with Crippen LogP contribution in [0.5, 0.6) is 0 Å². The summed E-state index contributed by atoms with van der Waals surface area (Å²) in [5, 5.41) is 1.79. The predicted molar refractivity (Wildman–Crippen MR) is 77.6 cm³/mol. The first-order chi connectivity index (χ1) is 8.65. The third kappa shape index (κ3) is 2.14. The summed E-state index contributed by atoms with van der Waals surface area (Å²) in [6.07, 6.45) is 5.63. The van der Waals surface area contributed by atoms with Crippen LogP contribution in [0.3, 0.4) is 0 Å². The largest absolute Gasteiger partial charge is 0.222 e. The third-order valence-corrected chi connectivity index (χ3v) is 4.97. The van der Waals surface area contributed by atoms with Crippen molar-refractivity contribution < 1.29 is 0 Å². The van der Waals surface area contributed by atoms with E-state index in [1.807, 2.05) is 11.3 Å². The van der Waals surface area contributed by atoms with Crippen molar-refractivity contribution in [3.63, 3.8) is 0 Å². The van der Waals surface area contributed by atoms with E-state index in [9.17, 15) is 0 Å². The van der Waals surface area contributed by atoms with Gasteiger partial charge in [-0.3, -0.25) is 0 Å². The molecule has 4 heteroatoms. The van der Waals surface area contributed by atoms with Crippen molar-refractivity contribution in [1.82, 2.24) is 9.97 Å². The lowest BCUT2D eigenvalue weighted by molar-refractivity contribution is 0.576. The number of hydrogen-bond donors (Lipinski definition) is 0. The minimum absolute atomic E-state index is 0.665. The van der Waals surface area contributed by atoms with Crippen molar-refractivity contribution in [2.75, 3.05) is 0 Å². The minimum Gasteiger partial charge on any atom is -0.222 e. The molecule has 0 bridgehead atoms. The van der Waals surface area contributed by atoms with E-state index in [1.165, 1.54) is 23.3 Å². The average molecular weight is 281 g/mol. The Bertz CT molecular complexity index is 589. The fourth-order valence-corrected chi connectivity index (χ4v) is 4.16. The van der Waals surface area contributed by atoms with Crippen LogP contribution in [0.2, 0.25) is 5.15 Å². The van der Waals surface area contributed by atoms with Crippen LogP contribution in [0.25, 0.3) is 10.2 Å². The highest BCUT2D eigenvalue weighted by molar-refractivity contribution is 7.19. The van der Waals surface area contributed by atoms with Gasteiger partial charge in [-0.15, -0.1) is 11.3 Å². The van der Waals surface area contributed by atoms with Crippen LogP contribution in [-0.4, -0.2) is 9.97 Å². The lowest BCUT2D eigenvalue weighted by atomic mass is 10.1. The monoisotopic (exact) mass is 280 g/mol. The van der Waals surface area contributed by atoms with Crippen molar-refractivity contribution in [2.45, 2.75) is 46.0 Å². The Hall–Kier alpha value is -0.670. The van der Waals surface area contributed by atoms with E-state index >= 15 is 0 Å². The van der Waals surface area contributed by atoms with Gasteiger partial charge in [0.05, 0.1) is 5.39 Å².